The van der Waals surface area contributed by atoms with Crippen LogP contribution in [0.15, 0.2) is 23.1 Å². The molecule has 0 fully saturated rings. The third kappa shape index (κ3) is 3.76. The highest BCUT2D eigenvalue weighted by Gasteiger charge is 2.09. The lowest BCUT2D eigenvalue weighted by molar-refractivity contribution is -0.0504. The normalized spacial score (nSPS) is 10.1. The van der Waals surface area contributed by atoms with Gasteiger partial charge in [-0.1, -0.05) is 0 Å². The van der Waals surface area contributed by atoms with Crippen molar-refractivity contribution in [1.29, 1.82) is 5.26 Å². The smallest absolute Gasteiger partial charge is 0.387 e. The highest BCUT2D eigenvalue weighted by atomic mass is 32.1. The molecule has 1 aromatic carbocycles. The van der Waals surface area contributed by atoms with E-state index >= 15 is 0 Å². The number of hydrogen-bond donors (Lipinski definition) is 1. The van der Waals surface area contributed by atoms with Crippen molar-refractivity contribution >= 4 is 12.6 Å². The fraction of sp³-hybridized carbons (Fsp3) is 0.300. The number of rotatable bonds is 4. The van der Waals surface area contributed by atoms with Crippen molar-refractivity contribution in [3.05, 3.63) is 23.8 Å². The maximum Gasteiger partial charge on any atom is 0.387 e. The van der Waals surface area contributed by atoms with Crippen molar-refractivity contribution in [3.8, 4) is 11.8 Å². The summed E-state index contributed by atoms with van der Waals surface area (Å²) in [5, 5.41) is 8.41. The quantitative estimate of drug-likeness (QED) is 0.805. The molecule has 0 saturated carbocycles. The van der Waals surface area contributed by atoms with Crippen LogP contribution in [0.1, 0.15) is 12.0 Å². The molecular formula is C10H9F2NOS. The van der Waals surface area contributed by atoms with Crippen molar-refractivity contribution in [3.63, 3.8) is 0 Å². The summed E-state index contributed by atoms with van der Waals surface area (Å²) in [6.07, 6.45) is 0.643. The Balaban J connectivity index is 2.88. The van der Waals surface area contributed by atoms with Gasteiger partial charge in [0.1, 0.15) is 5.75 Å². The van der Waals surface area contributed by atoms with Crippen LogP contribution in [-0.2, 0) is 6.42 Å². The van der Waals surface area contributed by atoms with Crippen LogP contribution in [0.25, 0.3) is 0 Å². The van der Waals surface area contributed by atoms with Crippen molar-refractivity contribution in [2.45, 2.75) is 24.3 Å². The van der Waals surface area contributed by atoms with Crippen LogP contribution in [-0.4, -0.2) is 6.61 Å². The second kappa shape index (κ2) is 5.56. The topological polar surface area (TPSA) is 33.0 Å². The summed E-state index contributed by atoms with van der Waals surface area (Å²) in [4.78, 5) is 0.657. The lowest BCUT2D eigenvalue weighted by Crippen LogP contribution is -2.04. The zero-order chi connectivity index (χ0) is 11.3. The van der Waals surface area contributed by atoms with Crippen LogP contribution in [0.4, 0.5) is 8.78 Å². The zero-order valence-electron chi connectivity index (χ0n) is 7.78. The summed E-state index contributed by atoms with van der Waals surface area (Å²) in [5.41, 5.74) is 0.573. The van der Waals surface area contributed by atoms with Gasteiger partial charge < -0.3 is 4.74 Å². The molecule has 0 radical (unpaired) electrons. The molecule has 80 valence electrons. The van der Waals surface area contributed by atoms with Crippen LogP contribution in [0, 0.1) is 11.3 Å². The second-order valence-electron chi connectivity index (χ2n) is 2.83. The van der Waals surface area contributed by atoms with Crippen LogP contribution in [0.3, 0.4) is 0 Å². The minimum Gasteiger partial charge on any atom is -0.435 e. The Morgan fingerprint density at radius 1 is 1.47 bits per heavy atom. The molecule has 15 heavy (non-hydrogen) atoms. The minimum atomic E-state index is -2.85. The standard InChI is InChI=1S/C10H9F2NOS/c11-10(12)14-9-4-3-8(15)6-7(9)2-1-5-13/h3-4,6,10,15H,1-2H2. The van der Waals surface area contributed by atoms with Gasteiger partial charge in [0.15, 0.2) is 0 Å². The van der Waals surface area contributed by atoms with Crippen molar-refractivity contribution < 1.29 is 13.5 Å². The second-order valence-corrected chi connectivity index (χ2v) is 3.35. The van der Waals surface area contributed by atoms with Crippen molar-refractivity contribution in [2.24, 2.45) is 0 Å². The molecule has 0 aliphatic heterocycles. The van der Waals surface area contributed by atoms with Gasteiger partial charge in [-0.2, -0.15) is 14.0 Å². The highest BCUT2D eigenvalue weighted by Crippen LogP contribution is 2.24. The van der Waals surface area contributed by atoms with Gasteiger partial charge in [-0.05, 0) is 30.2 Å². The van der Waals surface area contributed by atoms with E-state index in [-0.39, 0.29) is 12.2 Å². The molecule has 0 N–H and O–H groups in total. The summed E-state index contributed by atoms with van der Waals surface area (Å²) in [6, 6.07) is 6.57. The van der Waals surface area contributed by atoms with Crippen LogP contribution in [0.2, 0.25) is 0 Å². The molecule has 0 spiro atoms. The van der Waals surface area contributed by atoms with Gasteiger partial charge in [0.05, 0.1) is 6.07 Å². The SMILES string of the molecule is N#CCCc1cc(S)ccc1OC(F)F. The third-order valence-electron chi connectivity index (χ3n) is 1.77. The molecule has 0 saturated heterocycles. The predicted octanol–water partition coefficient (Wildman–Crippen LogP) is 3.03. The molecule has 0 bridgehead atoms. The first-order valence-corrected chi connectivity index (χ1v) is 4.72. The van der Waals surface area contributed by atoms with E-state index < -0.39 is 6.61 Å². The number of aryl methyl sites for hydroxylation is 1. The Labute approximate surface area is 91.9 Å². The van der Waals surface area contributed by atoms with Crippen LogP contribution >= 0.6 is 12.6 Å². The van der Waals surface area contributed by atoms with Gasteiger partial charge in [0, 0.05) is 11.3 Å². The first kappa shape index (κ1) is 11.8. The van der Waals surface area contributed by atoms with Crippen molar-refractivity contribution in [2.75, 3.05) is 0 Å². The van der Waals surface area contributed by atoms with Crippen LogP contribution < -0.4 is 4.74 Å². The molecule has 1 aromatic rings. The van der Waals surface area contributed by atoms with Gasteiger partial charge in [0.2, 0.25) is 0 Å². The number of thiol groups is 1. The Morgan fingerprint density at radius 2 is 2.20 bits per heavy atom. The monoisotopic (exact) mass is 229 g/mol. The van der Waals surface area contributed by atoms with E-state index in [0.717, 1.165) is 0 Å². The average molecular weight is 229 g/mol. The Hall–Kier alpha value is -1.28. The maximum absolute atomic E-state index is 12.0. The molecule has 1 rings (SSSR count). The van der Waals surface area contributed by atoms with E-state index in [2.05, 4.69) is 17.4 Å². The van der Waals surface area contributed by atoms with Gasteiger partial charge in [-0.25, -0.2) is 0 Å². The largest absolute Gasteiger partial charge is 0.435 e. The average Bonchev–Trinajstić information content (AvgIpc) is 2.18. The van der Waals surface area contributed by atoms with Crippen LogP contribution in [0.5, 0.6) is 5.75 Å². The number of ether oxygens (including phenoxy) is 1. The molecule has 0 unspecified atom stereocenters. The molecule has 0 amide bonds. The minimum absolute atomic E-state index is 0.109. The summed E-state index contributed by atoms with van der Waals surface area (Å²) in [7, 11) is 0. The van der Waals surface area contributed by atoms with Gasteiger partial charge in [-0.3, -0.25) is 0 Å². The van der Waals surface area contributed by atoms with E-state index in [1.165, 1.54) is 6.07 Å². The lowest BCUT2D eigenvalue weighted by Gasteiger charge is -2.09. The van der Waals surface area contributed by atoms with E-state index in [0.29, 0.717) is 16.9 Å². The Kier molecular flexibility index (Phi) is 4.37. The van der Waals surface area contributed by atoms with E-state index in [1.54, 1.807) is 12.1 Å². The molecule has 2 nitrogen and oxygen atoms in total. The molecule has 0 aromatic heterocycles. The first-order valence-electron chi connectivity index (χ1n) is 4.27. The van der Waals surface area contributed by atoms with E-state index in [9.17, 15) is 8.78 Å². The molecule has 0 aliphatic rings. The number of benzene rings is 1. The molecular weight excluding hydrogens is 220 g/mol. The molecule has 0 atom stereocenters. The fourth-order valence-electron chi connectivity index (χ4n) is 1.16. The summed E-state index contributed by atoms with van der Waals surface area (Å²) >= 11 is 4.09. The van der Waals surface area contributed by atoms with Gasteiger partial charge >= 0.3 is 6.61 Å². The van der Waals surface area contributed by atoms with Gasteiger partial charge in [0.25, 0.3) is 0 Å². The summed E-state index contributed by atoms with van der Waals surface area (Å²) in [6.45, 7) is -2.85. The molecule has 0 heterocycles. The zero-order valence-corrected chi connectivity index (χ0v) is 8.68. The Bertz CT molecular complexity index is 376. The van der Waals surface area contributed by atoms with Crippen molar-refractivity contribution in [1.82, 2.24) is 0 Å². The summed E-state index contributed by atoms with van der Waals surface area (Å²) in [5.74, 6) is 0.109. The molecule has 5 heteroatoms. The first-order chi connectivity index (χ1) is 7.13. The highest BCUT2D eigenvalue weighted by molar-refractivity contribution is 7.80. The number of hydrogen-bond acceptors (Lipinski definition) is 3. The van der Waals surface area contributed by atoms with Gasteiger partial charge in [-0.15, -0.1) is 12.6 Å². The number of nitrogens with zero attached hydrogens (tertiary/aromatic N) is 1. The number of halogens is 2. The van der Waals surface area contributed by atoms with E-state index in [1.807, 2.05) is 6.07 Å². The Morgan fingerprint density at radius 3 is 2.80 bits per heavy atom. The number of alkyl halides is 2. The lowest BCUT2D eigenvalue weighted by atomic mass is 10.1. The molecule has 0 aliphatic carbocycles. The number of nitriles is 1. The fourth-order valence-corrected chi connectivity index (χ4v) is 1.39. The summed E-state index contributed by atoms with van der Waals surface area (Å²) < 4.78 is 28.4. The third-order valence-corrected chi connectivity index (χ3v) is 2.04. The maximum atomic E-state index is 12.0. The van der Waals surface area contributed by atoms with E-state index in [4.69, 9.17) is 5.26 Å². The predicted molar refractivity (Wildman–Crippen MR) is 54.3 cm³/mol.